The first kappa shape index (κ1) is 28.2. The Bertz CT molecular complexity index is 1970. The summed E-state index contributed by atoms with van der Waals surface area (Å²) in [7, 11) is -5.24. The number of hydrogen-bond acceptors (Lipinski definition) is 6. The summed E-state index contributed by atoms with van der Waals surface area (Å²) < 4.78 is 71.7. The quantitative estimate of drug-likeness (QED) is 0.238. The lowest BCUT2D eigenvalue weighted by atomic mass is 9.92. The first-order chi connectivity index (χ1) is 20.2. The zero-order valence-corrected chi connectivity index (χ0v) is 25.0. The molecule has 0 fully saturated rings. The highest BCUT2D eigenvalue weighted by molar-refractivity contribution is 7.90. The fourth-order valence-corrected chi connectivity index (χ4v) is 8.86. The lowest BCUT2D eigenvalue weighted by Crippen LogP contribution is -2.44. The topological polar surface area (TPSA) is 94.9 Å². The van der Waals surface area contributed by atoms with E-state index in [0.717, 1.165) is 5.56 Å². The Morgan fingerprint density at radius 3 is 1.98 bits per heavy atom. The molecule has 8 nitrogen and oxygen atoms in total. The van der Waals surface area contributed by atoms with Crippen molar-refractivity contribution >= 4 is 30.9 Å². The molecule has 0 saturated heterocycles. The standard InChI is InChI=1S/C32H30N2O6S2/c1-22-13-19-26(20-14-22)41(35,36)33-21-29(40-3)30-27-11-7-8-12-28(27)34(42(37,38)25-9-5-4-6-10-25)32(30)31(33)23-15-17-24(39-2)18-16-23/h4-20,29,31H,21H2,1-3H3. The highest BCUT2D eigenvalue weighted by Crippen LogP contribution is 2.48. The minimum Gasteiger partial charge on any atom is -0.497 e. The fourth-order valence-electron chi connectivity index (χ4n) is 5.69. The van der Waals surface area contributed by atoms with Crippen molar-refractivity contribution < 1.29 is 26.3 Å². The van der Waals surface area contributed by atoms with E-state index in [1.165, 1.54) is 27.5 Å². The van der Waals surface area contributed by atoms with Crippen molar-refractivity contribution in [2.45, 2.75) is 28.9 Å². The van der Waals surface area contributed by atoms with Gasteiger partial charge in [-0.1, -0.05) is 66.2 Å². The van der Waals surface area contributed by atoms with E-state index in [-0.39, 0.29) is 16.3 Å². The molecule has 216 valence electrons. The van der Waals surface area contributed by atoms with Gasteiger partial charge in [-0.05, 0) is 55.0 Å². The molecule has 1 aliphatic heterocycles. The Balaban J connectivity index is 1.72. The summed E-state index contributed by atoms with van der Waals surface area (Å²) in [6, 6.07) is 28.0. The van der Waals surface area contributed by atoms with Gasteiger partial charge >= 0.3 is 0 Å². The third-order valence-corrected chi connectivity index (χ3v) is 11.3. The first-order valence-corrected chi connectivity index (χ1v) is 16.3. The van der Waals surface area contributed by atoms with E-state index in [0.29, 0.717) is 33.5 Å². The second kappa shape index (κ2) is 10.7. The van der Waals surface area contributed by atoms with Crippen LogP contribution in [0.2, 0.25) is 0 Å². The van der Waals surface area contributed by atoms with Gasteiger partial charge in [-0.2, -0.15) is 4.31 Å². The number of fused-ring (bicyclic) bond motifs is 3. The highest BCUT2D eigenvalue weighted by atomic mass is 32.2. The first-order valence-electron chi connectivity index (χ1n) is 13.4. The minimum atomic E-state index is -4.17. The number of rotatable bonds is 7. The number of hydrogen-bond donors (Lipinski definition) is 0. The summed E-state index contributed by atoms with van der Waals surface area (Å²) in [5, 5.41) is 0.685. The predicted molar refractivity (Wildman–Crippen MR) is 161 cm³/mol. The van der Waals surface area contributed by atoms with E-state index in [9.17, 15) is 16.8 Å². The van der Waals surface area contributed by atoms with Crippen LogP contribution in [-0.2, 0) is 24.8 Å². The van der Waals surface area contributed by atoms with Crippen LogP contribution in [0.4, 0.5) is 0 Å². The van der Waals surface area contributed by atoms with Crippen LogP contribution in [-0.4, -0.2) is 45.9 Å². The average molecular weight is 603 g/mol. The van der Waals surface area contributed by atoms with E-state index in [1.54, 1.807) is 86.0 Å². The lowest BCUT2D eigenvalue weighted by molar-refractivity contribution is 0.0682. The average Bonchev–Trinajstić information content (AvgIpc) is 3.37. The van der Waals surface area contributed by atoms with Gasteiger partial charge in [0.2, 0.25) is 10.0 Å². The zero-order valence-electron chi connectivity index (χ0n) is 23.3. The second-order valence-electron chi connectivity index (χ2n) is 10.2. The number of sulfonamides is 1. The van der Waals surface area contributed by atoms with Crippen LogP contribution in [0.3, 0.4) is 0 Å². The van der Waals surface area contributed by atoms with Gasteiger partial charge in [0.15, 0.2) is 0 Å². The van der Waals surface area contributed by atoms with Gasteiger partial charge in [0.25, 0.3) is 10.0 Å². The molecule has 2 heterocycles. The molecule has 1 aliphatic rings. The number of methoxy groups -OCH3 is 2. The fraction of sp³-hybridized carbons (Fsp3) is 0.188. The molecule has 0 amide bonds. The Morgan fingerprint density at radius 2 is 1.33 bits per heavy atom. The molecule has 4 aromatic carbocycles. The smallest absolute Gasteiger partial charge is 0.268 e. The van der Waals surface area contributed by atoms with Crippen molar-refractivity contribution in [3.05, 3.63) is 126 Å². The maximum absolute atomic E-state index is 14.5. The Morgan fingerprint density at radius 1 is 0.714 bits per heavy atom. The molecule has 6 rings (SSSR count). The summed E-state index contributed by atoms with van der Waals surface area (Å²) in [6.07, 6.45) is -0.730. The van der Waals surface area contributed by atoms with Gasteiger partial charge in [-0.15, -0.1) is 0 Å². The highest BCUT2D eigenvalue weighted by Gasteiger charge is 2.46. The van der Waals surface area contributed by atoms with Gasteiger partial charge < -0.3 is 9.47 Å². The van der Waals surface area contributed by atoms with Gasteiger partial charge in [0, 0.05) is 24.6 Å². The SMILES string of the molecule is COc1ccc(C2c3c(c4ccccc4n3S(=O)(=O)c3ccccc3)C(OC)CN2S(=O)(=O)c2ccc(C)cc2)cc1. The van der Waals surface area contributed by atoms with Gasteiger partial charge in [-0.25, -0.2) is 20.8 Å². The van der Waals surface area contributed by atoms with Gasteiger partial charge in [0.1, 0.15) is 5.75 Å². The molecule has 1 aromatic heterocycles. The Labute approximate surface area is 245 Å². The van der Waals surface area contributed by atoms with Gasteiger partial charge in [-0.3, -0.25) is 0 Å². The van der Waals surface area contributed by atoms with Crippen LogP contribution in [0.5, 0.6) is 5.75 Å². The molecule has 0 radical (unpaired) electrons. The molecule has 2 unspecified atom stereocenters. The number of aromatic nitrogens is 1. The summed E-state index contributed by atoms with van der Waals surface area (Å²) in [5.74, 6) is 0.593. The number of aryl methyl sites for hydroxylation is 1. The van der Waals surface area contributed by atoms with E-state index in [4.69, 9.17) is 9.47 Å². The summed E-state index contributed by atoms with van der Waals surface area (Å²) in [6.45, 7) is 1.87. The van der Waals surface area contributed by atoms with Crippen molar-refractivity contribution in [3.8, 4) is 5.75 Å². The van der Waals surface area contributed by atoms with E-state index in [1.807, 2.05) is 19.1 Å². The molecule has 0 saturated carbocycles. The van der Waals surface area contributed by atoms with Crippen molar-refractivity contribution in [2.75, 3.05) is 20.8 Å². The number of nitrogens with zero attached hydrogens (tertiary/aromatic N) is 2. The summed E-state index contributed by atoms with van der Waals surface area (Å²) >= 11 is 0. The van der Waals surface area contributed by atoms with Crippen LogP contribution in [0.15, 0.2) is 113 Å². The molecule has 42 heavy (non-hydrogen) atoms. The molecule has 10 heteroatoms. The summed E-state index contributed by atoms with van der Waals surface area (Å²) in [4.78, 5) is 0.202. The molecular formula is C32H30N2O6S2. The van der Waals surface area contributed by atoms with Crippen molar-refractivity contribution in [1.82, 2.24) is 8.28 Å². The molecule has 0 bridgehead atoms. The molecule has 0 spiro atoms. The number of ether oxygens (including phenoxy) is 2. The molecule has 0 N–H and O–H groups in total. The molecular weight excluding hydrogens is 572 g/mol. The van der Waals surface area contributed by atoms with Crippen LogP contribution in [0.25, 0.3) is 10.9 Å². The zero-order chi connectivity index (χ0) is 29.6. The van der Waals surface area contributed by atoms with E-state index >= 15 is 0 Å². The van der Waals surface area contributed by atoms with Gasteiger partial charge in [0.05, 0.1) is 40.3 Å². The van der Waals surface area contributed by atoms with Crippen molar-refractivity contribution in [2.24, 2.45) is 0 Å². The maximum Gasteiger partial charge on any atom is 0.268 e. The number of para-hydroxylation sites is 1. The third-order valence-electron chi connectivity index (χ3n) is 7.75. The Kier molecular flexibility index (Phi) is 7.18. The Hall–Kier alpha value is -3.96. The van der Waals surface area contributed by atoms with Crippen molar-refractivity contribution in [3.63, 3.8) is 0 Å². The van der Waals surface area contributed by atoms with E-state index in [2.05, 4.69) is 0 Å². The van der Waals surface area contributed by atoms with Crippen LogP contribution in [0.1, 0.15) is 34.5 Å². The molecule has 5 aromatic rings. The summed E-state index contributed by atoms with van der Waals surface area (Å²) in [5.41, 5.74) is 2.92. The minimum absolute atomic E-state index is 0.0181. The van der Waals surface area contributed by atoms with Crippen LogP contribution < -0.4 is 4.74 Å². The number of benzene rings is 4. The normalized spacial score (nSPS) is 17.7. The van der Waals surface area contributed by atoms with Crippen LogP contribution >= 0.6 is 0 Å². The molecule has 0 aliphatic carbocycles. The van der Waals surface area contributed by atoms with E-state index < -0.39 is 32.2 Å². The molecule has 2 atom stereocenters. The predicted octanol–water partition coefficient (Wildman–Crippen LogP) is 5.68. The lowest BCUT2D eigenvalue weighted by Gasteiger charge is -2.39. The largest absolute Gasteiger partial charge is 0.497 e. The van der Waals surface area contributed by atoms with Crippen molar-refractivity contribution in [1.29, 1.82) is 0 Å². The monoisotopic (exact) mass is 602 g/mol. The third kappa shape index (κ3) is 4.51. The second-order valence-corrected chi connectivity index (χ2v) is 13.9. The van der Waals surface area contributed by atoms with Crippen LogP contribution in [0, 0.1) is 6.92 Å². The maximum atomic E-state index is 14.5.